The Bertz CT molecular complexity index is 144. The Morgan fingerprint density at radius 2 is 2.07 bits per heavy atom. The van der Waals surface area contributed by atoms with Gasteiger partial charge < -0.3 is 15.4 Å². The van der Waals surface area contributed by atoms with Crippen LogP contribution in [0.15, 0.2) is 0 Å². The lowest BCUT2D eigenvalue weighted by Crippen LogP contribution is -2.38. The van der Waals surface area contributed by atoms with Gasteiger partial charge in [0.25, 0.3) is 0 Å². The van der Waals surface area contributed by atoms with Gasteiger partial charge in [-0.15, -0.1) is 0 Å². The van der Waals surface area contributed by atoms with Crippen molar-refractivity contribution in [3.63, 3.8) is 0 Å². The molecule has 1 unspecified atom stereocenters. The maximum Gasteiger partial charge on any atom is 0.0779 e. The van der Waals surface area contributed by atoms with Crippen LogP contribution in [-0.4, -0.2) is 38.4 Å². The van der Waals surface area contributed by atoms with Crippen LogP contribution in [0.3, 0.4) is 0 Å². The Balaban J connectivity index is 1.92. The molecule has 3 nitrogen and oxygen atoms in total. The lowest BCUT2D eigenvalue weighted by atomic mass is 10.0. The molecule has 1 saturated heterocycles. The fourth-order valence-electron chi connectivity index (χ4n) is 1.84. The molecular formula is C11H24N2O. The van der Waals surface area contributed by atoms with Gasteiger partial charge in [0, 0.05) is 13.2 Å². The molecule has 1 aliphatic heterocycles. The number of rotatable bonds is 7. The first kappa shape index (κ1) is 12.0. The minimum absolute atomic E-state index is 0.109. The van der Waals surface area contributed by atoms with Crippen molar-refractivity contribution in [2.45, 2.75) is 38.7 Å². The van der Waals surface area contributed by atoms with Crippen LogP contribution in [0.25, 0.3) is 0 Å². The van der Waals surface area contributed by atoms with Gasteiger partial charge in [-0.1, -0.05) is 6.92 Å². The molecule has 0 aliphatic carbocycles. The summed E-state index contributed by atoms with van der Waals surface area (Å²) in [5.41, 5.74) is 0.109. The summed E-state index contributed by atoms with van der Waals surface area (Å²) in [5.74, 6) is 0. The summed E-state index contributed by atoms with van der Waals surface area (Å²) < 4.78 is 5.69. The molecule has 1 atom stereocenters. The van der Waals surface area contributed by atoms with Gasteiger partial charge in [-0.05, 0) is 45.8 Å². The minimum atomic E-state index is 0.109. The highest BCUT2D eigenvalue weighted by atomic mass is 16.5. The van der Waals surface area contributed by atoms with Crippen molar-refractivity contribution in [3.8, 4) is 0 Å². The van der Waals surface area contributed by atoms with Crippen LogP contribution in [0.2, 0.25) is 0 Å². The van der Waals surface area contributed by atoms with Crippen molar-refractivity contribution < 1.29 is 4.74 Å². The van der Waals surface area contributed by atoms with Crippen LogP contribution in [0.5, 0.6) is 0 Å². The molecule has 0 aromatic rings. The highest BCUT2D eigenvalue weighted by molar-refractivity contribution is 4.82. The molecule has 0 aromatic carbocycles. The molecule has 0 radical (unpaired) electrons. The fraction of sp³-hybridized carbons (Fsp3) is 1.00. The lowest BCUT2D eigenvalue weighted by molar-refractivity contribution is 0.0210. The van der Waals surface area contributed by atoms with Gasteiger partial charge in [0.2, 0.25) is 0 Å². The van der Waals surface area contributed by atoms with Gasteiger partial charge in [0.1, 0.15) is 0 Å². The predicted octanol–water partition coefficient (Wildman–Crippen LogP) is 1.14. The quantitative estimate of drug-likeness (QED) is 0.605. The van der Waals surface area contributed by atoms with E-state index in [1.807, 2.05) is 0 Å². The third-order valence-corrected chi connectivity index (χ3v) is 2.76. The van der Waals surface area contributed by atoms with Gasteiger partial charge in [-0.3, -0.25) is 0 Å². The lowest BCUT2D eigenvalue weighted by Gasteiger charge is -2.23. The zero-order valence-corrected chi connectivity index (χ0v) is 9.57. The number of hydrogen-bond acceptors (Lipinski definition) is 3. The van der Waals surface area contributed by atoms with Gasteiger partial charge in [-0.2, -0.15) is 0 Å². The van der Waals surface area contributed by atoms with Gasteiger partial charge in [0.05, 0.1) is 5.60 Å². The van der Waals surface area contributed by atoms with Crippen molar-refractivity contribution in [1.29, 1.82) is 0 Å². The Hall–Kier alpha value is -0.120. The second-order valence-corrected chi connectivity index (χ2v) is 4.29. The molecule has 0 saturated carbocycles. The number of hydrogen-bond donors (Lipinski definition) is 2. The fourth-order valence-corrected chi connectivity index (χ4v) is 1.84. The molecule has 0 bridgehead atoms. The van der Waals surface area contributed by atoms with Crippen molar-refractivity contribution in [2.24, 2.45) is 0 Å². The van der Waals surface area contributed by atoms with Crippen LogP contribution in [0.1, 0.15) is 33.1 Å². The molecule has 3 heteroatoms. The van der Waals surface area contributed by atoms with E-state index in [4.69, 9.17) is 4.74 Å². The third-order valence-electron chi connectivity index (χ3n) is 2.76. The molecule has 84 valence electrons. The average molecular weight is 200 g/mol. The average Bonchev–Trinajstić information content (AvgIpc) is 2.59. The normalized spacial score (nSPS) is 27.0. The van der Waals surface area contributed by atoms with E-state index < -0.39 is 0 Å². The molecular weight excluding hydrogens is 176 g/mol. The Labute approximate surface area is 87.6 Å². The van der Waals surface area contributed by atoms with Crippen molar-refractivity contribution in [2.75, 3.05) is 32.8 Å². The Kier molecular flexibility index (Phi) is 5.45. The van der Waals surface area contributed by atoms with E-state index in [1.54, 1.807) is 0 Å². The van der Waals surface area contributed by atoms with E-state index >= 15 is 0 Å². The maximum atomic E-state index is 5.69. The molecule has 1 aliphatic rings. The highest BCUT2D eigenvalue weighted by Gasteiger charge is 2.28. The molecule has 0 aromatic heterocycles. The van der Waals surface area contributed by atoms with Gasteiger partial charge in [0.15, 0.2) is 0 Å². The van der Waals surface area contributed by atoms with Crippen LogP contribution in [0.4, 0.5) is 0 Å². The van der Waals surface area contributed by atoms with E-state index in [-0.39, 0.29) is 5.60 Å². The SMILES string of the molecule is CCNCCCNCC1(C)CCCO1. The van der Waals surface area contributed by atoms with E-state index in [0.717, 1.165) is 32.8 Å². The topological polar surface area (TPSA) is 33.3 Å². The van der Waals surface area contributed by atoms with Crippen molar-refractivity contribution in [3.05, 3.63) is 0 Å². The first-order valence-corrected chi connectivity index (χ1v) is 5.82. The summed E-state index contributed by atoms with van der Waals surface area (Å²) >= 11 is 0. The summed E-state index contributed by atoms with van der Waals surface area (Å²) in [6, 6.07) is 0. The molecule has 1 rings (SSSR count). The second kappa shape index (κ2) is 6.38. The molecule has 0 amide bonds. The zero-order valence-electron chi connectivity index (χ0n) is 9.57. The van der Waals surface area contributed by atoms with Crippen LogP contribution >= 0.6 is 0 Å². The van der Waals surface area contributed by atoms with Crippen molar-refractivity contribution in [1.82, 2.24) is 10.6 Å². The second-order valence-electron chi connectivity index (χ2n) is 4.29. The third kappa shape index (κ3) is 4.40. The first-order chi connectivity index (χ1) is 6.77. The number of ether oxygens (including phenoxy) is 1. The van der Waals surface area contributed by atoms with Crippen LogP contribution in [-0.2, 0) is 4.74 Å². The summed E-state index contributed by atoms with van der Waals surface area (Å²) in [4.78, 5) is 0. The zero-order chi connectivity index (χ0) is 10.3. The predicted molar refractivity (Wildman–Crippen MR) is 59.6 cm³/mol. The van der Waals surface area contributed by atoms with E-state index in [0.29, 0.717) is 0 Å². The van der Waals surface area contributed by atoms with Gasteiger partial charge in [-0.25, -0.2) is 0 Å². The summed E-state index contributed by atoms with van der Waals surface area (Å²) in [6.07, 6.45) is 3.62. The standard InChI is InChI=1S/C11H24N2O/c1-3-12-7-5-8-13-10-11(2)6-4-9-14-11/h12-13H,3-10H2,1-2H3. The molecule has 1 heterocycles. The molecule has 0 spiro atoms. The first-order valence-electron chi connectivity index (χ1n) is 5.82. The molecule has 1 fully saturated rings. The van der Waals surface area contributed by atoms with Gasteiger partial charge >= 0.3 is 0 Å². The van der Waals surface area contributed by atoms with Crippen molar-refractivity contribution >= 4 is 0 Å². The molecule has 2 N–H and O–H groups in total. The van der Waals surface area contributed by atoms with E-state index in [9.17, 15) is 0 Å². The maximum absolute atomic E-state index is 5.69. The highest BCUT2D eigenvalue weighted by Crippen LogP contribution is 2.23. The van der Waals surface area contributed by atoms with Crippen LogP contribution < -0.4 is 10.6 Å². The molecule has 14 heavy (non-hydrogen) atoms. The summed E-state index contributed by atoms with van der Waals surface area (Å²) in [5, 5.41) is 6.78. The summed E-state index contributed by atoms with van der Waals surface area (Å²) in [6.45, 7) is 9.56. The monoisotopic (exact) mass is 200 g/mol. The van der Waals surface area contributed by atoms with Crippen LogP contribution in [0, 0.1) is 0 Å². The van der Waals surface area contributed by atoms with E-state index in [1.165, 1.54) is 19.3 Å². The Morgan fingerprint density at radius 3 is 2.71 bits per heavy atom. The Morgan fingerprint density at radius 1 is 1.29 bits per heavy atom. The summed E-state index contributed by atoms with van der Waals surface area (Å²) in [7, 11) is 0. The van der Waals surface area contributed by atoms with E-state index in [2.05, 4.69) is 24.5 Å². The largest absolute Gasteiger partial charge is 0.374 e. The smallest absolute Gasteiger partial charge is 0.0779 e. The number of nitrogens with one attached hydrogen (secondary N) is 2. The minimum Gasteiger partial charge on any atom is -0.374 e.